The minimum Gasteiger partial charge on any atom is -0.308 e. The van der Waals surface area contributed by atoms with Crippen LogP contribution in [0.25, 0.3) is 0 Å². The van der Waals surface area contributed by atoms with Crippen molar-refractivity contribution in [1.29, 1.82) is 0 Å². The molecule has 1 aromatic carbocycles. The van der Waals surface area contributed by atoms with E-state index in [-0.39, 0.29) is 11.9 Å². The van der Waals surface area contributed by atoms with Gasteiger partial charge < -0.3 is 10.6 Å². The number of fused-ring (bicyclic) bond motifs is 1. The maximum absolute atomic E-state index is 12.4. The predicted molar refractivity (Wildman–Crippen MR) is 81.5 cm³/mol. The second-order valence-electron chi connectivity index (χ2n) is 4.66. The molecule has 0 saturated heterocycles. The molecule has 0 spiro atoms. The zero-order chi connectivity index (χ0) is 13.9. The summed E-state index contributed by atoms with van der Waals surface area (Å²) in [6.45, 7) is 0.804. The van der Waals surface area contributed by atoms with Crippen LogP contribution in [0, 0.1) is 0 Å². The fraction of sp³-hybridized carbons (Fsp3) is 0.200. The van der Waals surface area contributed by atoms with Crippen LogP contribution in [-0.4, -0.2) is 17.4 Å². The van der Waals surface area contributed by atoms with Crippen LogP contribution >= 0.6 is 15.9 Å². The maximum atomic E-state index is 12.4. The van der Waals surface area contributed by atoms with E-state index in [9.17, 15) is 4.79 Å². The van der Waals surface area contributed by atoms with Crippen molar-refractivity contribution in [2.45, 2.75) is 12.5 Å². The van der Waals surface area contributed by atoms with E-state index < -0.39 is 0 Å². The van der Waals surface area contributed by atoms with Crippen molar-refractivity contribution in [3.8, 4) is 0 Å². The number of carbonyl (C=O) groups excluding carboxylic acids is 1. The normalized spacial score (nSPS) is 17.4. The van der Waals surface area contributed by atoms with E-state index in [1.54, 1.807) is 6.20 Å². The molecule has 1 atom stereocenters. The number of carbonyl (C=O) groups is 1. The first-order chi connectivity index (χ1) is 9.75. The number of anilines is 1. The van der Waals surface area contributed by atoms with Crippen LogP contribution in [0.3, 0.4) is 0 Å². The number of amides is 1. The summed E-state index contributed by atoms with van der Waals surface area (Å²) < 4.78 is 0.775. The van der Waals surface area contributed by atoms with Gasteiger partial charge in [0.05, 0.1) is 4.47 Å². The van der Waals surface area contributed by atoms with Crippen LogP contribution in [0.5, 0.6) is 0 Å². The van der Waals surface area contributed by atoms with Crippen LogP contribution in [-0.2, 0) is 11.2 Å². The van der Waals surface area contributed by atoms with Crippen molar-refractivity contribution in [2.24, 2.45) is 0 Å². The van der Waals surface area contributed by atoms with Gasteiger partial charge in [0.1, 0.15) is 11.9 Å². The molecule has 1 aliphatic heterocycles. The summed E-state index contributed by atoms with van der Waals surface area (Å²) in [5, 5.41) is 6.12. The lowest BCUT2D eigenvalue weighted by atomic mass is 9.94. The summed E-state index contributed by atoms with van der Waals surface area (Å²) in [7, 11) is 0. The van der Waals surface area contributed by atoms with Crippen molar-refractivity contribution in [2.75, 3.05) is 11.9 Å². The standard InChI is InChI=1S/C15H14BrN3O/c16-12-6-3-8-18-14(12)19-15(20)13-11-5-2-1-4-10(11)7-9-17-13/h1-6,8,13,17H,7,9H2,(H,18,19,20). The minimum absolute atomic E-state index is 0.0865. The highest BCUT2D eigenvalue weighted by Crippen LogP contribution is 2.25. The van der Waals surface area contributed by atoms with Crippen molar-refractivity contribution >= 4 is 27.7 Å². The Morgan fingerprint density at radius 2 is 2.15 bits per heavy atom. The summed E-state index contributed by atoms with van der Waals surface area (Å²) in [4.78, 5) is 16.6. The molecule has 0 aliphatic carbocycles. The molecule has 2 heterocycles. The lowest BCUT2D eigenvalue weighted by Gasteiger charge is -2.25. The van der Waals surface area contributed by atoms with Crippen molar-refractivity contribution in [3.63, 3.8) is 0 Å². The largest absolute Gasteiger partial charge is 0.308 e. The second kappa shape index (κ2) is 5.73. The molecule has 0 bridgehead atoms. The Kier molecular flexibility index (Phi) is 3.80. The second-order valence-corrected chi connectivity index (χ2v) is 5.51. The number of halogens is 1. The van der Waals surface area contributed by atoms with Crippen LogP contribution in [0.4, 0.5) is 5.82 Å². The van der Waals surface area contributed by atoms with E-state index in [4.69, 9.17) is 0 Å². The third-order valence-electron chi connectivity index (χ3n) is 3.37. The van der Waals surface area contributed by atoms with Crippen molar-refractivity contribution in [3.05, 3.63) is 58.2 Å². The van der Waals surface area contributed by atoms with Gasteiger partial charge in [0, 0.05) is 12.7 Å². The van der Waals surface area contributed by atoms with Gasteiger partial charge in [-0.1, -0.05) is 24.3 Å². The molecule has 5 heteroatoms. The fourth-order valence-corrected chi connectivity index (χ4v) is 2.76. The quantitative estimate of drug-likeness (QED) is 0.889. The van der Waals surface area contributed by atoms with Gasteiger partial charge in [0.2, 0.25) is 5.91 Å². The number of rotatable bonds is 2. The van der Waals surface area contributed by atoms with Crippen LogP contribution in [0.1, 0.15) is 17.2 Å². The lowest BCUT2D eigenvalue weighted by Crippen LogP contribution is -2.38. The molecule has 1 aliphatic rings. The number of benzene rings is 1. The maximum Gasteiger partial charge on any atom is 0.247 e. The molecule has 4 nitrogen and oxygen atoms in total. The van der Waals surface area contributed by atoms with Gasteiger partial charge in [-0.2, -0.15) is 0 Å². The van der Waals surface area contributed by atoms with Gasteiger partial charge >= 0.3 is 0 Å². The van der Waals surface area contributed by atoms with Gasteiger partial charge in [-0.15, -0.1) is 0 Å². The molecule has 102 valence electrons. The van der Waals surface area contributed by atoms with E-state index in [2.05, 4.69) is 37.6 Å². The zero-order valence-corrected chi connectivity index (χ0v) is 12.4. The van der Waals surface area contributed by atoms with E-state index in [1.807, 2.05) is 30.3 Å². The van der Waals surface area contributed by atoms with Crippen molar-refractivity contribution in [1.82, 2.24) is 10.3 Å². The summed E-state index contributed by atoms with van der Waals surface area (Å²) >= 11 is 3.38. The van der Waals surface area contributed by atoms with Crippen LogP contribution < -0.4 is 10.6 Å². The molecule has 20 heavy (non-hydrogen) atoms. The molecule has 1 unspecified atom stereocenters. The Morgan fingerprint density at radius 3 is 3.00 bits per heavy atom. The highest BCUT2D eigenvalue weighted by Gasteiger charge is 2.26. The first-order valence-electron chi connectivity index (χ1n) is 6.48. The average molecular weight is 332 g/mol. The highest BCUT2D eigenvalue weighted by atomic mass is 79.9. The number of hydrogen-bond acceptors (Lipinski definition) is 3. The molecule has 3 rings (SSSR count). The van der Waals surface area contributed by atoms with Gasteiger partial charge in [-0.25, -0.2) is 4.98 Å². The molecule has 0 radical (unpaired) electrons. The summed E-state index contributed by atoms with van der Waals surface area (Å²) in [6, 6.07) is 11.4. The third kappa shape index (κ3) is 2.59. The highest BCUT2D eigenvalue weighted by molar-refractivity contribution is 9.10. The minimum atomic E-state index is -0.325. The third-order valence-corrected chi connectivity index (χ3v) is 4.01. The van der Waals surface area contributed by atoms with Gasteiger partial charge in [-0.05, 0) is 45.6 Å². The van der Waals surface area contributed by atoms with Crippen molar-refractivity contribution < 1.29 is 4.79 Å². The molecular weight excluding hydrogens is 318 g/mol. The number of pyridine rings is 1. The molecule has 1 aromatic heterocycles. The molecule has 0 fully saturated rings. The number of aromatic nitrogens is 1. The van der Waals surface area contributed by atoms with Gasteiger partial charge in [0.25, 0.3) is 0 Å². The molecule has 2 N–H and O–H groups in total. The zero-order valence-electron chi connectivity index (χ0n) is 10.8. The van der Waals surface area contributed by atoms with Gasteiger partial charge in [-0.3, -0.25) is 4.79 Å². The predicted octanol–water partition coefficient (Wildman–Crippen LogP) is 2.67. The SMILES string of the molecule is O=C(Nc1ncccc1Br)C1NCCc2ccccc21. The Morgan fingerprint density at radius 1 is 1.30 bits per heavy atom. The molecule has 1 amide bonds. The Labute approximate surface area is 125 Å². The molecule has 0 saturated carbocycles. The Balaban J connectivity index is 1.84. The number of nitrogens with one attached hydrogen (secondary N) is 2. The average Bonchev–Trinajstić information content (AvgIpc) is 2.49. The van der Waals surface area contributed by atoms with Gasteiger partial charge in [0.15, 0.2) is 0 Å². The smallest absolute Gasteiger partial charge is 0.247 e. The Hall–Kier alpha value is -1.72. The number of hydrogen-bond donors (Lipinski definition) is 2. The lowest BCUT2D eigenvalue weighted by molar-refractivity contribution is -0.118. The van der Waals surface area contributed by atoms with Crippen LogP contribution in [0.15, 0.2) is 47.1 Å². The summed E-state index contributed by atoms with van der Waals surface area (Å²) in [5.41, 5.74) is 2.27. The van der Waals surface area contributed by atoms with Crippen LogP contribution in [0.2, 0.25) is 0 Å². The van der Waals surface area contributed by atoms with E-state index in [1.165, 1.54) is 5.56 Å². The van der Waals surface area contributed by atoms with E-state index in [0.29, 0.717) is 5.82 Å². The molecular formula is C15H14BrN3O. The first kappa shape index (κ1) is 13.3. The summed E-state index contributed by atoms with van der Waals surface area (Å²) in [5.74, 6) is 0.457. The Bertz CT molecular complexity index is 645. The molecule has 2 aromatic rings. The van der Waals surface area contributed by atoms with E-state index in [0.717, 1.165) is 23.0 Å². The topological polar surface area (TPSA) is 54.0 Å². The van der Waals surface area contributed by atoms with E-state index >= 15 is 0 Å². The number of nitrogens with zero attached hydrogens (tertiary/aromatic N) is 1. The first-order valence-corrected chi connectivity index (χ1v) is 7.27. The fourth-order valence-electron chi connectivity index (χ4n) is 2.41. The summed E-state index contributed by atoms with van der Waals surface area (Å²) in [6.07, 6.45) is 2.61. The monoisotopic (exact) mass is 331 g/mol.